The van der Waals surface area contributed by atoms with Crippen LogP contribution >= 0.6 is 0 Å². The standard InChI is InChI=1S/C12H22/c1-5-7-9-12(8-6-2)10-11(3)4/h6,8,10,12H,5,7,9H2,1-4H3. The lowest BCUT2D eigenvalue weighted by molar-refractivity contribution is 0.639. The zero-order valence-electron chi connectivity index (χ0n) is 8.93. The molecule has 0 rings (SSSR count). The third kappa shape index (κ3) is 6.21. The molecule has 70 valence electrons. The summed E-state index contributed by atoms with van der Waals surface area (Å²) in [5.41, 5.74) is 1.43. The average molecular weight is 166 g/mol. The first-order valence-corrected chi connectivity index (χ1v) is 4.98. The minimum atomic E-state index is 0.667. The van der Waals surface area contributed by atoms with E-state index in [-0.39, 0.29) is 0 Å². The molecule has 0 aliphatic carbocycles. The van der Waals surface area contributed by atoms with Crippen molar-refractivity contribution >= 4 is 0 Å². The molecular formula is C12H22. The number of hydrogen-bond donors (Lipinski definition) is 0. The first-order chi connectivity index (χ1) is 5.70. The monoisotopic (exact) mass is 166 g/mol. The zero-order chi connectivity index (χ0) is 9.40. The first-order valence-electron chi connectivity index (χ1n) is 4.98. The predicted molar refractivity (Wildman–Crippen MR) is 57.3 cm³/mol. The fourth-order valence-electron chi connectivity index (χ4n) is 1.35. The van der Waals surface area contributed by atoms with E-state index in [0.29, 0.717) is 5.92 Å². The van der Waals surface area contributed by atoms with E-state index in [2.05, 4.69) is 45.9 Å². The lowest BCUT2D eigenvalue weighted by Gasteiger charge is -2.06. The summed E-state index contributed by atoms with van der Waals surface area (Å²) in [6.45, 7) is 8.68. The summed E-state index contributed by atoms with van der Waals surface area (Å²) < 4.78 is 0. The number of hydrogen-bond acceptors (Lipinski definition) is 0. The Balaban J connectivity index is 3.95. The minimum Gasteiger partial charge on any atom is -0.0911 e. The summed E-state index contributed by atoms with van der Waals surface area (Å²) >= 11 is 0. The fourth-order valence-corrected chi connectivity index (χ4v) is 1.35. The highest BCUT2D eigenvalue weighted by Crippen LogP contribution is 2.13. The first kappa shape index (κ1) is 11.5. The summed E-state index contributed by atoms with van der Waals surface area (Å²) in [6.07, 6.45) is 10.7. The van der Waals surface area contributed by atoms with Gasteiger partial charge in [0, 0.05) is 0 Å². The van der Waals surface area contributed by atoms with Crippen molar-refractivity contribution in [3.05, 3.63) is 23.8 Å². The van der Waals surface area contributed by atoms with E-state index in [0.717, 1.165) is 0 Å². The molecule has 0 aromatic carbocycles. The van der Waals surface area contributed by atoms with Crippen LogP contribution < -0.4 is 0 Å². The van der Waals surface area contributed by atoms with Crippen molar-refractivity contribution in [2.24, 2.45) is 5.92 Å². The summed E-state index contributed by atoms with van der Waals surface area (Å²) in [7, 11) is 0. The van der Waals surface area contributed by atoms with Crippen molar-refractivity contribution in [1.82, 2.24) is 0 Å². The lowest BCUT2D eigenvalue weighted by Crippen LogP contribution is -1.92. The van der Waals surface area contributed by atoms with Gasteiger partial charge in [-0.05, 0) is 33.1 Å². The number of allylic oxidation sites excluding steroid dienone is 4. The Morgan fingerprint density at radius 2 is 2.00 bits per heavy atom. The van der Waals surface area contributed by atoms with Crippen LogP contribution in [-0.4, -0.2) is 0 Å². The summed E-state index contributed by atoms with van der Waals surface area (Å²) in [5.74, 6) is 0.667. The molecule has 0 heterocycles. The Labute approximate surface area is 77.4 Å². The minimum absolute atomic E-state index is 0.667. The molecule has 0 heteroatoms. The molecule has 0 fully saturated rings. The van der Waals surface area contributed by atoms with E-state index < -0.39 is 0 Å². The highest BCUT2D eigenvalue weighted by Gasteiger charge is 1.98. The smallest absolute Gasteiger partial charge is 0.00511 e. The third-order valence-electron chi connectivity index (χ3n) is 1.88. The molecule has 0 aliphatic heterocycles. The van der Waals surface area contributed by atoms with Gasteiger partial charge in [-0.1, -0.05) is 43.6 Å². The molecule has 1 atom stereocenters. The fraction of sp³-hybridized carbons (Fsp3) is 0.667. The van der Waals surface area contributed by atoms with Gasteiger partial charge in [-0.25, -0.2) is 0 Å². The quantitative estimate of drug-likeness (QED) is 0.533. The second-order valence-corrected chi connectivity index (χ2v) is 3.58. The maximum atomic E-state index is 2.36. The normalized spacial score (nSPS) is 13.3. The average Bonchev–Trinajstić information content (AvgIpc) is 2.00. The Bertz CT molecular complexity index is 147. The van der Waals surface area contributed by atoms with Crippen LogP contribution in [0, 0.1) is 5.92 Å². The highest BCUT2D eigenvalue weighted by atomic mass is 14.0. The van der Waals surface area contributed by atoms with E-state index >= 15 is 0 Å². The summed E-state index contributed by atoms with van der Waals surface area (Å²) in [4.78, 5) is 0. The molecule has 0 bridgehead atoms. The molecule has 0 N–H and O–H groups in total. The second-order valence-electron chi connectivity index (χ2n) is 3.58. The van der Waals surface area contributed by atoms with Crippen LogP contribution in [0.5, 0.6) is 0 Å². The maximum absolute atomic E-state index is 2.36. The molecule has 0 aliphatic rings. The van der Waals surface area contributed by atoms with Gasteiger partial charge in [0.15, 0.2) is 0 Å². The predicted octanol–water partition coefficient (Wildman–Crippen LogP) is 4.34. The third-order valence-corrected chi connectivity index (χ3v) is 1.88. The maximum Gasteiger partial charge on any atom is -0.00511 e. The molecule has 12 heavy (non-hydrogen) atoms. The van der Waals surface area contributed by atoms with E-state index in [1.54, 1.807) is 0 Å². The van der Waals surface area contributed by atoms with Gasteiger partial charge in [0.2, 0.25) is 0 Å². The van der Waals surface area contributed by atoms with E-state index in [4.69, 9.17) is 0 Å². The van der Waals surface area contributed by atoms with Gasteiger partial charge in [-0.3, -0.25) is 0 Å². The van der Waals surface area contributed by atoms with Crippen molar-refractivity contribution in [3.63, 3.8) is 0 Å². The number of unbranched alkanes of at least 4 members (excludes halogenated alkanes) is 1. The van der Waals surface area contributed by atoms with Crippen LogP contribution in [0.15, 0.2) is 23.8 Å². The van der Waals surface area contributed by atoms with E-state index in [1.807, 2.05) is 0 Å². The Morgan fingerprint density at radius 3 is 2.42 bits per heavy atom. The second kappa shape index (κ2) is 7.15. The molecule has 0 saturated carbocycles. The van der Waals surface area contributed by atoms with Crippen molar-refractivity contribution in [2.45, 2.75) is 47.0 Å². The molecule has 0 spiro atoms. The van der Waals surface area contributed by atoms with Gasteiger partial charge >= 0.3 is 0 Å². The van der Waals surface area contributed by atoms with Crippen molar-refractivity contribution in [3.8, 4) is 0 Å². The zero-order valence-corrected chi connectivity index (χ0v) is 8.93. The Kier molecular flexibility index (Phi) is 6.84. The molecule has 0 aromatic heterocycles. The molecule has 0 nitrogen and oxygen atoms in total. The Morgan fingerprint density at radius 1 is 1.33 bits per heavy atom. The molecule has 0 amide bonds. The molecule has 1 unspecified atom stereocenters. The van der Waals surface area contributed by atoms with Crippen LogP contribution in [-0.2, 0) is 0 Å². The SMILES string of the molecule is CC=CC(C=C(C)C)CCCC. The Hall–Kier alpha value is -0.520. The van der Waals surface area contributed by atoms with E-state index in [1.165, 1.54) is 24.8 Å². The van der Waals surface area contributed by atoms with Crippen LogP contribution in [0.25, 0.3) is 0 Å². The van der Waals surface area contributed by atoms with Crippen LogP contribution in [0.1, 0.15) is 47.0 Å². The topological polar surface area (TPSA) is 0 Å². The molecule has 0 radical (unpaired) electrons. The van der Waals surface area contributed by atoms with Gasteiger partial charge in [-0.15, -0.1) is 0 Å². The molecule has 0 aromatic rings. The van der Waals surface area contributed by atoms with Crippen molar-refractivity contribution in [1.29, 1.82) is 0 Å². The van der Waals surface area contributed by atoms with Gasteiger partial charge in [0.25, 0.3) is 0 Å². The van der Waals surface area contributed by atoms with Gasteiger partial charge < -0.3 is 0 Å². The summed E-state index contributed by atoms with van der Waals surface area (Å²) in [5, 5.41) is 0. The van der Waals surface area contributed by atoms with Gasteiger partial charge in [0.05, 0.1) is 0 Å². The molecule has 0 saturated heterocycles. The van der Waals surface area contributed by atoms with Crippen molar-refractivity contribution < 1.29 is 0 Å². The van der Waals surface area contributed by atoms with Gasteiger partial charge in [0.1, 0.15) is 0 Å². The molecular weight excluding hydrogens is 144 g/mol. The van der Waals surface area contributed by atoms with E-state index in [9.17, 15) is 0 Å². The van der Waals surface area contributed by atoms with Crippen molar-refractivity contribution in [2.75, 3.05) is 0 Å². The van der Waals surface area contributed by atoms with Crippen LogP contribution in [0.3, 0.4) is 0 Å². The summed E-state index contributed by atoms with van der Waals surface area (Å²) in [6, 6.07) is 0. The lowest BCUT2D eigenvalue weighted by atomic mass is 9.99. The largest absolute Gasteiger partial charge is 0.0911 e. The number of rotatable bonds is 5. The highest BCUT2D eigenvalue weighted by molar-refractivity contribution is 5.04. The van der Waals surface area contributed by atoms with Crippen LogP contribution in [0.2, 0.25) is 0 Å². The van der Waals surface area contributed by atoms with Gasteiger partial charge in [-0.2, -0.15) is 0 Å². The van der Waals surface area contributed by atoms with Crippen LogP contribution in [0.4, 0.5) is 0 Å².